The van der Waals surface area contributed by atoms with Crippen LogP contribution in [0.4, 0.5) is 4.39 Å². The lowest BCUT2D eigenvalue weighted by molar-refractivity contribution is -0.129. The average Bonchev–Trinajstić information content (AvgIpc) is 2.94. The minimum atomic E-state index is -0.373. The summed E-state index contributed by atoms with van der Waals surface area (Å²) in [5, 5.41) is 11.4. The quantitative estimate of drug-likeness (QED) is 0.611. The highest BCUT2D eigenvalue weighted by molar-refractivity contribution is 7.09. The van der Waals surface area contributed by atoms with Gasteiger partial charge in [0, 0.05) is 18.2 Å². The molecule has 0 saturated carbocycles. The lowest BCUT2D eigenvalue weighted by Crippen LogP contribution is -2.18. The van der Waals surface area contributed by atoms with Crippen LogP contribution in [0.25, 0.3) is 0 Å². The summed E-state index contributed by atoms with van der Waals surface area (Å²) < 4.78 is 12.8. The first kappa shape index (κ1) is 15.6. The highest BCUT2D eigenvalue weighted by Crippen LogP contribution is 2.15. The zero-order valence-corrected chi connectivity index (χ0v) is 12.3. The topological polar surface area (TPSA) is 62.2 Å². The van der Waals surface area contributed by atoms with Crippen LogP contribution in [0.5, 0.6) is 0 Å². The van der Waals surface area contributed by atoms with Gasteiger partial charge in [0.2, 0.25) is 5.91 Å². The molecule has 0 aliphatic heterocycles. The van der Waals surface area contributed by atoms with Crippen LogP contribution in [-0.4, -0.2) is 16.1 Å². The maximum atomic E-state index is 12.8. The van der Waals surface area contributed by atoms with E-state index in [4.69, 9.17) is 5.21 Å². The molecule has 0 aliphatic carbocycles. The summed E-state index contributed by atoms with van der Waals surface area (Å²) in [6.45, 7) is 0. The molecule has 1 amide bonds. The van der Waals surface area contributed by atoms with Crippen molar-refractivity contribution >= 4 is 17.2 Å². The number of benzene rings is 1. The first-order chi connectivity index (χ1) is 10.2. The Labute approximate surface area is 126 Å². The van der Waals surface area contributed by atoms with Crippen LogP contribution >= 0.6 is 11.3 Å². The predicted octanol–water partition coefficient (Wildman–Crippen LogP) is 2.90. The maximum absolute atomic E-state index is 12.8. The number of aromatic nitrogens is 1. The Hall–Kier alpha value is -1.79. The Morgan fingerprint density at radius 3 is 2.71 bits per heavy atom. The summed E-state index contributed by atoms with van der Waals surface area (Å²) in [7, 11) is 0. The molecule has 21 heavy (non-hydrogen) atoms. The largest absolute Gasteiger partial charge is 0.289 e. The standard InChI is InChI=1S/C15H17FN2O2S/c16-12-7-4-11(5-8-12)6-9-15-17-13(10-21-15)2-1-3-14(19)18-20/h4-5,7-8,10,20H,1-3,6,9H2,(H,18,19). The van der Waals surface area contributed by atoms with Gasteiger partial charge in [0.25, 0.3) is 0 Å². The molecule has 2 rings (SSSR count). The maximum Gasteiger partial charge on any atom is 0.243 e. The van der Waals surface area contributed by atoms with Gasteiger partial charge in [-0.15, -0.1) is 11.3 Å². The fourth-order valence-corrected chi connectivity index (χ4v) is 2.80. The van der Waals surface area contributed by atoms with Gasteiger partial charge in [-0.2, -0.15) is 0 Å². The highest BCUT2D eigenvalue weighted by atomic mass is 32.1. The van der Waals surface area contributed by atoms with Gasteiger partial charge in [-0.3, -0.25) is 10.0 Å². The van der Waals surface area contributed by atoms with Crippen molar-refractivity contribution in [2.24, 2.45) is 0 Å². The van der Waals surface area contributed by atoms with E-state index < -0.39 is 0 Å². The first-order valence-electron chi connectivity index (χ1n) is 6.78. The molecule has 1 aromatic heterocycles. The predicted molar refractivity (Wildman–Crippen MR) is 78.8 cm³/mol. The van der Waals surface area contributed by atoms with Gasteiger partial charge in [-0.1, -0.05) is 12.1 Å². The molecule has 0 atom stereocenters. The van der Waals surface area contributed by atoms with Crippen molar-refractivity contribution in [1.82, 2.24) is 10.5 Å². The van der Waals surface area contributed by atoms with Gasteiger partial charge >= 0.3 is 0 Å². The van der Waals surface area contributed by atoms with Gasteiger partial charge in [-0.25, -0.2) is 14.9 Å². The van der Waals surface area contributed by atoms with E-state index in [1.807, 2.05) is 5.38 Å². The molecular weight excluding hydrogens is 291 g/mol. The molecule has 2 aromatic rings. The summed E-state index contributed by atoms with van der Waals surface area (Å²) in [5.41, 5.74) is 3.68. The molecule has 0 fully saturated rings. The molecule has 4 nitrogen and oxygen atoms in total. The smallest absolute Gasteiger partial charge is 0.243 e. The summed E-state index contributed by atoms with van der Waals surface area (Å²) in [6.07, 6.45) is 3.33. The molecule has 0 saturated heterocycles. The Bertz CT molecular complexity index is 584. The number of rotatable bonds is 7. The lowest BCUT2D eigenvalue weighted by atomic mass is 10.1. The van der Waals surface area contributed by atoms with Crippen LogP contribution in [0, 0.1) is 5.82 Å². The van der Waals surface area contributed by atoms with Gasteiger partial charge in [0.1, 0.15) is 5.82 Å². The number of halogens is 1. The number of carbonyl (C=O) groups is 1. The van der Waals surface area contributed by atoms with E-state index in [1.165, 1.54) is 12.1 Å². The summed E-state index contributed by atoms with van der Waals surface area (Å²) in [4.78, 5) is 15.4. The number of thiazole rings is 1. The van der Waals surface area contributed by atoms with Crippen LogP contribution in [0.3, 0.4) is 0 Å². The molecule has 0 bridgehead atoms. The average molecular weight is 308 g/mol. The Balaban J connectivity index is 1.77. The molecule has 1 aromatic carbocycles. The zero-order chi connectivity index (χ0) is 15.1. The molecule has 0 spiro atoms. The van der Waals surface area contributed by atoms with Crippen molar-refractivity contribution in [3.8, 4) is 0 Å². The van der Waals surface area contributed by atoms with Gasteiger partial charge in [-0.05, 0) is 37.0 Å². The van der Waals surface area contributed by atoms with Crippen LogP contribution in [-0.2, 0) is 24.1 Å². The molecule has 112 valence electrons. The van der Waals surface area contributed by atoms with Crippen molar-refractivity contribution < 1.29 is 14.4 Å². The second kappa shape index (κ2) is 7.85. The Morgan fingerprint density at radius 1 is 1.24 bits per heavy atom. The van der Waals surface area contributed by atoms with Crippen molar-refractivity contribution in [1.29, 1.82) is 0 Å². The summed E-state index contributed by atoms with van der Waals surface area (Å²) in [5.74, 6) is -0.594. The number of nitrogens with one attached hydrogen (secondary N) is 1. The normalized spacial score (nSPS) is 10.6. The first-order valence-corrected chi connectivity index (χ1v) is 7.66. The van der Waals surface area contributed by atoms with Crippen LogP contribution in [0.15, 0.2) is 29.6 Å². The number of aryl methyl sites for hydroxylation is 3. The number of hydrogen-bond acceptors (Lipinski definition) is 4. The van der Waals surface area contributed by atoms with Gasteiger partial charge in [0.05, 0.1) is 10.7 Å². The third-order valence-corrected chi connectivity index (χ3v) is 4.06. The molecule has 2 N–H and O–H groups in total. The van der Waals surface area contributed by atoms with Crippen molar-refractivity contribution in [2.45, 2.75) is 32.1 Å². The third kappa shape index (κ3) is 5.24. The lowest BCUT2D eigenvalue weighted by Gasteiger charge is -1.99. The van der Waals surface area contributed by atoms with Crippen molar-refractivity contribution in [2.75, 3.05) is 0 Å². The molecular formula is C15H17FN2O2S. The summed E-state index contributed by atoms with van der Waals surface area (Å²) >= 11 is 1.60. The van der Waals surface area contributed by atoms with Crippen molar-refractivity contribution in [3.05, 3.63) is 51.7 Å². The SMILES string of the molecule is O=C(CCCc1csc(CCc2ccc(F)cc2)n1)NO. The van der Waals surface area contributed by atoms with Crippen LogP contribution in [0.2, 0.25) is 0 Å². The molecule has 6 heteroatoms. The second-order valence-electron chi connectivity index (χ2n) is 4.75. The van der Waals surface area contributed by atoms with E-state index in [0.717, 1.165) is 35.5 Å². The van der Waals surface area contributed by atoms with E-state index >= 15 is 0 Å². The minimum Gasteiger partial charge on any atom is -0.289 e. The van der Waals surface area contributed by atoms with E-state index in [1.54, 1.807) is 28.9 Å². The monoisotopic (exact) mass is 308 g/mol. The van der Waals surface area contributed by atoms with Crippen LogP contribution in [0.1, 0.15) is 29.1 Å². The molecule has 1 heterocycles. The number of nitrogens with zero attached hydrogens (tertiary/aromatic N) is 1. The molecule has 0 unspecified atom stereocenters. The fourth-order valence-electron chi connectivity index (χ4n) is 1.97. The van der Waals surface area contributed by atoms with E-state index in [9.17, 15) is 9.18 Å². The second-order valence-corrected chi connectivity index (χ2v) is 5.69. The highest BCUT2D eigenvalue weighted by Gasteiger charge is 2.05. The molecule has 0 radical (unpaired) electrons. The Kier molecular flexibility index (Phi) is 5.83. The summed E-state index contributed by atoms with van der Waals surface area (Å²) in [6, 6.07) is 6.51. The van der Waals surface area contributed by atoms with E-state index in [0.29, 0.717) is 12.8 Å². The van der Waals surface area contributed by atoms with E-state index in [-0.39, 0.29) is 11.7 Å². The Morgan fingerprint density at radius 2 is 2.00 bits per heavy atom. The van der Waals surface area contributed by atoms with E-state index in [2.05, 4.69) is 4.98 Å². The van der Waals surface area contributed by atoms with Gasteiger partial charge in [0.15, 0.2) is 0 Å². The number of hydroxylamine groups is 1. The third-order valence-electron chi connectivity index (χ3n) is 3.10. The van der Waals surface area contributed by atoms with Crippen molar-refractivity contribution in [3.63, 3.8) is 0 Å². The molecule has 0 aliphatic rings. The number of hydrogen-bond donors (Lipinski definition) is 2. The number of carbonyl (C=O) groups excluding carboxylic acids is 1. The van der Waals surface area contributed by atoms with Crippen LogP contribution < -0.4 is 5.48 Å². The van der Waals surface area contributed by atoms with Gasteiger partial charge < -0.3 is 0 Å². The minimum absolute atomic E-state index is 0.220. The number of amides is 1. The zero-order valence-electron chi connectivity index (χ0n) is 11.5. The fraction of sp³-hybridized carbons (Fsp3) is 0.333.